The number of amides is 1. The van der Waals surface area contributed by atoms with E-state index in [0.717, 1.165) is 25.0 Å². The predicted molar refractivity (Wildman–Crippen MR) is 67.1 cm³/mol. The lowest BCUT2D eigenvalue weighted by atomic mass is 10.2. The van der Waals surface area contributed by atoms with Crippen LogP contribution in [0.15, 0.2) is 11.5 Å². The molecule has 0 fully saturated rings. The van der Waals surface area contributed by atoms with Crippen molar-refractivity contribution >= 4 is 5.91 Å². The predicted octanol–water partition coefficient (Wildman–Crippen LogP) is 0.793. The molecule has 0 unspecified atom stereocenters. The lowest BCUT2D eigenvalue weighted by Crippen LogP contribution is -2.29. The zero-order valence-corrected chi connectivity index (χ0v) is 10.9. The van der Waals surface area contributed by atoms with E-state index in [2.05, 4.69) is 15.5 Å². The number of carbonyl (C=O) groups excluding carboxylic acids is 1. The molecule has 19 heavy (non-hydrogen) atoms. The SMILES string of the molecule is CC1=C(C(=O)NCc2n[nH]c3c2CCC3)OCCO1. The second-order valence-corrected chi connectivity index (χ2v) is 4.75. The van der Waals surface area contributed by atoms with Crippen molar-refractivity contribution in [1.82, 2.24) is 15.5 Å². The highest BCUT2D eigenvalue weighted by atomic mass is 16.6. The Morgan fingerprint density at radius 2 is 2.21 bits per heavy atom. The number of rotatable bonds is 3. The molecule has 0 spiro atoms. The summed E-state index contributed by atoms with van der Waals surface area (Å²) < 4.78 is 10.6. The van der Waals surface area contributed by atoms with Crippen LogP contribution in [0.1, 0.15) is 30.3 Å². The van der Waals surface area contributed by atoms with Gasteiger partial charge < -0.3 is 14.8 Å². The number of aromatic amines is 1. The van der Waals surface area contributed by atoms with Gasteiger partial charge in [0.15, 0.2) is 0 Å². The number of aromatic nitrogens is 2. The van der Waals surface area contributed by atoms with E-state index >= 15 is 0 Å². The summed E-state index contributed by atoms with van der Waals surface area (Å²) in [4.78, 5) is 12.0. The van der Waals surface area contributed by atoms with Crippen LogP contribution in [0.2, 0.25) is 0 Å². The van der Waals surface area contributed by atoms with E-state index in [4.69, 9.17) is 9.47 Å². The van der Waals surface area contributed by atoms with Crippen molar-refractivity contribution in [1.29, 1.82) is 0 Å². The first-order chi connectivity index (χ1) is 9.25. The van der Waals surface area contributed by atoms with Gasteiger partial charge in [-0.05, 0) is 31.7 Å². The van der Waals surface area contributed by atoms with Crippen molar-refractivity contribution < 1.29 is 14.3 Å². The first-order valence-corrected chi connectivity index (χ1v) is 6.55. The van der Waals surface area contributed by atoms with Crippen LogP contribution in [0, 0.1) is 0 Å². The summed E-state index contributed by atoms with van der Waals surface area (Å²) in [6.45, 7) is 3.07. The average Bonchev–Trinajstić information content (AvgIpc) is 3.00. The van der Waals surface area contributed by atoms with Gasteiger partial charge in [-0.3, -0.25) is 9.89 Å². The molecule has 0 atom stereocenters. The maximum absolute atomic E-state index is 12.0. The lowest BCUT2D eigenvalue weighted by molar-refractivity contribution is -0.122. The fourth-order valence-electron chi connectivity index (χ4n) is 2.51. The van der Waals surface area contributed by atoms with Crippen LogP contribution in [0.25, 0.3) is 0 Å². The molecule has 3 rings (SSSR count). The minimum Gasteiger partial charge on any atom is -0.491 e. The highest BCUT2D eigenvalue weighted by molar-refractivity contribution is 5.91. The third kappa shape index (κ3) is 2.30. The Hall–Kier alpha value is -1.98. The fourth-order valence-corrected chi connectivity index (χ4v) is 2.51. The van der Waals surface area contributed by atoms with E-state index in [1.165, 1.54) is 11.3 Å². The zero-order valence-electron chi connectivity index (χ0n) is 10.9. The van der Waals surface area contributed by atoms with Crippen molar-refractivity contribution in [3.8, 4) is 0 Å². The number of nitrogens with zero attached hydrogens (tertiary/aromatic N) is 1. The van der Waals surface area contributed by atoms with Crippen molar-refractivity contribution in [3.63, 3.8) is 0 Å². The quantitative estimate of drug-likeness (QED) is 0.845. The van der Waals surface area contributed by atoms with E-state index in [0.29, 0.717) is 25.5 Å². The zero-order chi connectivity index (χ0) is 13.2. The molecular weight excluding hydrogens is 246 g/mol. The number of nitrogens with one attached hydrogen (secondary N) is 2. The second kappa shape index (κ2) is 4.95. The Morgan fingerprint density at radius 3 is 3.05 bits per heavy atom. The van der Waals surface area contributed by atoms with Crippen LogP contribution < -0.4 is 5.32 Å². The van der Waals surface area contributed by atoms with Crippen LogP contribution in [0.4, 0.5) is 0 Å². The lowest BCUT2D eigenvalue weighted by Gasteiger charge is -2.19. The standard InChI is InChI=1S/C13H17N3O3/c1-8-12(19-6-5-18-8)13(17)14-7-11-9-3-2-4-10(9)15-16-11/h2-7H2,1H3,(H,14,17)(H,15,16). The monoisotopic (exact) mass is 263 g/mol. The van der Waals surface area contributed by atoms with Gasteiger partial charge in [-0.2, -0.15) is 5.10 Å². The molecule has 6 nitrogen and oxygen atoms in total. The van der Waals surface area contributed by atoms with Crippen LogP contribution in [-0.2, 0) is 33.7 Å². The topological polar surface area (TPSA) is 76.2 Å². The molecule has 2 heterocycles. The molecule has 0 bridgehead atoms. The highest BCUT2D eigenvalue weighted by Gasteiger charge is 2.22. The van der Waals surface area contributed by atoms with Crippen molar-refractivity contribution in [2.24, 2.45) is 0 Å². The number of hydrogen-bond acceptors (Lipinski definition) is 4. The third-order valence-electron chi connectivity index (χ3n) is 3.48. The number of allylic oxidation sites excluding steroid dienone is 1. The van der Waals surface area contributed by atoms with Crippen LogP contribution in [0.3, 0.4) is 0 Å². The average molecular weight is 263 g/mol. The van der Waals surface area contributed by atoms with E-state index in [1.54, 1.807) is 6.92 Å². The van der Waals surface area contributed by atoms with E-state index < -0.39 is 0 Å². The van der Waals surface area contributed by atoms with Gasteiger partial charge in [0.2, 0.25) is 5.76 Å². The minimum atomic E-state index is -0.244. The molecule has 1 aliphatic heterocycles. The van der Waals surface area contributed by atoms with E-state index in [-0.39, 0.29) is 11.7 Å². The summed E-state index contributed by atoms with van der Waals surface area (Å²) >= 11 is 0. The van der Waals surface area contributed by atoms with E-state index in [1.807, 2.05) is 0 Å². The number of aryl methyl sites for hydroxylation is 1. The molecule has 0 saturated heterocycles. The molecule has 6 heteroatoms. The Balaban J connectivity index is 1.64. The summed E-state index contributed by atoms with van der Waals surface area (Å²) in [7, 11) is 0. The Kier molecular flexibility index (Phi) is 3.15. The fraction of sp³-hybridized carbons (Fsp3) is 0.538. The molecule has 1 amide bonds. The summed E-state index contributed by atoms with van der Waals surface area (Å²) in [6, 6.07) is 0. The van der Waals surface area contributed by atoms with Gasteiger partial charge in [0, 0.05) is 5.69 Å². The molecule has 102 valence electrons. The molecule has 1 aliphatic carbocycles. The number of carbonyl (C=O) groups is 1. The molecule has 1 aromatic heterocycles. The first kappa shape index (κ1) is 12.1. The Labute approximate surface area is 111 Å². The van der Waals surface area contributed by atoms with E-state index in [9.17, 15) is 4.79 Å². The largest absolute Gasteiger partial charge is 0.491 e. The molecule has 1 aromatic rings. The van der Waals surface area contributed by atoms with Gasteiger partial charge in [-0.1, -0.05) is 0 Å². The molecule has 2 aliphatic rings. The van der Waals surface area contributed by atoms with Gasteiger partial charge in [-0.15, -0.1) is 0 Å². The molecule has 0 aromatic carbocycles. The summed E-state index contributed by atoms with van der Waals surface area (Å²) in [5.41, 5.74) is 3.39. The minimum absolute atomic E-state index is 0.244. The van der Waals surface area contributed by atoms with Crippen LogP contribution >= 0.6 is 0 Å². The Bertz CT molecular complexity index is 533. The van der Waals surface area contributed by atoms with Gasteiger partial charge >= 0.3 is 0 Å². The highest BCUT2D eigenvalue weighted by Crippen LogP contribution is 2.22. The molecule has 2 N–H and O–H groups in total. The summed E-state index contributed by atoms with van der Waals surface area (Å²) in [5, 5.41) is 10.1. The normalized spacial score (nSPS) is 17.7. The van der Waals surface area contributed by atoms with Crippen LogP contribution in [0.5, 0.6) is 0 Å². The maximum Gasteiger partial charge on any atom is 0.290 e. The smallest absolute Gasteiger partial charge is 0.290 e. The van der Waals surface area contributed by atoms with Gasteiger partial charge in [-0.25, -0.2) is 0 Å². The number of H-pyrrole nitrogens is 1. The van der Waals surface area contributed by atoms with Gasteiger partial charge in [0.05, 0.1) is 12.2 Å². The first-order valence-electron chi connectivity index (χ1n) is 6.55. The van der Waals surface area contributed by atoms with Crippen molar-refractivity contribution in [2.45, 2.75) is 32.7 Å². The summed E-state index contributed by atoms with van der Waals surface area (Å²) in [5.74, 6) is 0.571. The van der Waals surface area contributed by atoms with Gasteiger partial charge in [0.25, 0.3) is 5.91 Å². The molecule has 0 saturated carbocycles. The Morgan fingerprint density at radius 1 is 1.37 bits per heavy atom. The second-order valence-electron chi connectivity index (χ2n) is 4.75. The number of hydrogen-bond donors (Lipinski definition) is 2. The van der Waals surface area contributed by atoms with Gasteiger partial charge in [0.1, 0.15) is 19.0 Å². The number of ether oxygens (including phenoxy) is 2. The molecule has 0 radical (unpaired) electrons. The third-order valence-corrected chi connectivity index (χ3v) is 3.48. The summed E-state index contributed by atoms with van der Waals surface area (Å²) in [6.07, 6.45) is 3.25. The van der Waals surface area contributed by atoms with Crippen molar-refractivity contribution in [2.75, 3.05) is 13.2 Å². The van der Waals surface area contributed by atoms with Crippen molar-refractivity contribution in [3.05, 3.63) is 28.5 Å². The van der Waals surface area contributed by atoms with Crippen LogP contribution in [-0.4, -0.2) is 29.3 Å². The number of fused-ring (bicyclic) bond motifs is 1. The molecular formula is C13H17N3O3. The maximum atomic E-state index is 12.0.